The minimum atomic E-state index is 0.479. The molecule has 1 fully saturated rings. The molecule has 0 bridgehead atoms. The van der Waals surface area contributed by atoms with Gasteiger partial charge in [-0.3, -0.25) is 0 Å². The average molecular weight is 331 g/mol. The van der Waals surface area contributed by atoms with Crippen LogP contribution >= 0.6 is 35.4 Å². The van der Waals surface area contributed by atoms with Crippen molar-refractivity contribution in [1.82, 2.24) is 5.32 Å². The first-order valence-electron chi connectivity index (χ1n) is 7.10. The Bertz CT molecular complexity index is 451. The van der Waals surface area contributed by atoms with E-state index in [2.05, 4.69) is 17.6 Å². The van der Waals surface area contributed by atoms with Crippen LogP contribution in [0.2, 0.25) is 10.0 Å². The predicted octanol–water partition coefficient (Wildman–Crippen LogP) is 5.25. The second-order valence-corrected chi connectivity index (χ2v) is 6.66. The Morgan fingerprint density at radius 1 is 1.15 bits per heavy atom. The molecule has 2 rings (SSSR count). The van der Waals surface area contributed by atoms with Crippen molar-refractivity contribution in [2.24, 2.45) is 5.92 Å². The molecular formula is C15H20Cl2N2S. The first-order chi connectivity index (χ1) is 9.56. The lowest BCUT2D eigenvalue weighted by molar-refractivity contribution is 0.306. The summed E-state index contributed by atoms with van der Waals surface area (Å²) in [7, 11) is 0. The Balaban J connectivity index is 1.83. The van der Waals surface area contributed by atoms with Crippen molar-refractivity contribution < 1.29 is 0 Å². The number of hydrogen-bond donors (Lipinski definition) is 2. The second-order valence-electron chi connectivity index (χ2n) is 5.38. The van der Waals surface area contributed by atoms with Crippen LogP contribution in [0.5, 0.6) is 0 Å². The molecule has 0 radical (unpaired) electrons. The van der Waals surface area contributed by atoms with Crippen molar-refractivity contribution in [1.29, 1.82) is 0 Å². The minimum absolute atomic E-state index is 0.479. The number of halogens is 2. The lowest BCUT2D eigenvalue weighted by Gasteiger charge is -2.29. The van der Waals surface area contributed by atoms with Crippen LogP contribution in [0.4, 0.5) is 5.69 Å². The number of anilines is 1. The van der Waals surface area contributed by atoms with Gasteiger partial charge in [0.2, 0.25) is 0 Å². The van der Waals surface area contributed by atoms with Gasteiger partial charge in [-0.15, -0.1) is 0 Å². The van der Waals surface area contributed by atoms with E-state index in [1.807, 2.05) is 12.1 Å². The number of rotatable bonds is 3. The van der Waals surface area contributed by atoms with Crippen molar-refractivity contribution >= 4 is 46.2 Å². The van der Waals surface area contributed by atoms with Gasteiger partial charge in [0.1, 0.15) is 0 Å². The maximum Gasteiger partial charge on any atom is 0.170 e. The molecular weight excluding hydrogens is 311 g/mol. The quantitative estimate of drug-likeness (QED) is 0.740. The molecule has 0 unspecified atom stereocenters. The number of hydrogen-bond acceptors (Lipinski definition) is 1. The SMILES string of the molecule is CCC1CCC(NC(=S)Nc2cc(Cl)cc(Cl)c2)CC1. The van der Waals surface area contributed by atoms with Gasteiger partial charge in [-0.2, -0.15) is 0 Å². The van der Waals surface area contributed by atoms with Crippen molar-refractivity contribution in [3.05, 3.63) is 28.2 Å². The third kappa shape index (κ3) is 4.80. The summed E-state index contributed by atoms with van der Waals surface area (Å²) >= 11 is 17.3. The molecule has 1 aliphatic rings. The molecule has 20 heavy (non-hydrogen) atoms. The fraction of sp³-hybridized carbons (Fsp3) is 0.533. The Hall–Kier alpha value is -0.510. The molecule has 0 atom stereocenters. The molecule has 5 heteroatoms. The fourth-order valence-corrected chi connectivity index (χ4v) is 3.50. The van der Waals surface area contributed by atoms with Gasteiger partial charge in [0, 0.05) is 21.8 Å². The highest BCUT2D eigenvalue weighted by molar-refractivity contribution is 7.80. The molecule has 0 spiro atoms. The van der Waals surface area contributed by atoms with Gasteiger partial charge in [0.15, 0.2) is 5.11 Å². The van der Waals surface area contributed by atoms with Crippen molar-refractivity contribution in [2.75, 3.05) is 5.32 Å². The fourth-order valence-electron chi connectivity index (χ4n) is 2.69. The van der Waals surface area contributed by atoms with E-state index in [1.54, 1.807) is 6.07 Å². The molecule has 1 aromatic carbocycles. The Morgan fingerprint density at radius 2 is 1.75 bits per heavy atom. The summed E-state index contributed by atoms with van der Waals surface area (Å²) in [4.78, 5) is 0. The van der Waals surface area contributed by atoms with Gasteiger partial charge in [0.05, 0.1) is 0 Å². The van der Waals surface area contributed by atoms with Gasteiger partial charge >= 0.3 is 0 Å². The van der Waals surface area contributed by atoms with E-state index in [1.165, 1.54) is 32.1 Å². The molecule has 2 N–H and O–H groups in total. The van der Waals surface area contributed by atoms with E-state index in [9.17, 15) is 0 Å². The van der Waals surface area contributed by atoms with Crippen LogP contribution in [0.15, 0.2) is 18.2 Å². The number of nitrogens with one attached hydrogen (secondary N) is 2. The first-order valence-corrected chi connectivity index (χ1v) is 8.27. The topological polar surface area (TPSA) is 24.1 Å². The van der Waals surface area contributed by atoms with Crippen molar-refractivity contribution in [3.63, 3.8) is 0 Å². The van der Waals surface area contributed by atoms with Crippen molar-refractivity contribution in [2.45, 2.75) is 45.1 Å². The molecule has 0 saturated heterocycles. The molecule has 110 valence electrons. The highest BCUT2D eigenvalue weighted by atomic mass is 35.5. The monoisotopic (exact) mass is 330 g/mol. The molecule has 0 aromatic heterocycles. The molecule has 0 amide bonds. The molecule has 2 nitrogen and oxygen atoms in total. The van der Waals surface area contributed by atoms with Crippen LogP contribution in [0, 0.1) is 5.92 Å². The normalized spacial score (nSPS) is 22.4. The van der Waals surface area contributed by atoms with Gasteiger partial charge in [-0.25, -0.2) is 0 Å². The van der Waals surface area contributed by atoms with Crippen molar-refractivity contribution in [3.8, 4) is 0 Å². The zero-order valence-electron chi connectivity index (χ0n) is 11.6. The third-order valence-electron chi connectivity index (χ3n) is 3.88. The zero-order chi connectivity index (χ0) is 14.5. The van der Waals surface area contributed by atoms with E-state index in [0.29, 0.717) is 21.2 Å². The molecule has 0 heterocycles. The third-order valence-corrected chi connectivity index (χ3v) is 4.54. The first kappa shape index (κ1) is 15.9. The van der Waals surface area contributed by atoms with E-state index >= 15 is 0 Å². The molecule has 0 aliphatic heterocycles. The Morgan fingerprint density at radius 3 is 2.30 bits per heavy atom. The number of benzene rings is 1. The summed E-state index contributed by atoms with van der Waals surface area (Å²) in [6.45, 7) is 2.27. The lowest BCUT2D eigenvalue weighted by Crippen LogP contribution is -2.39. The summed E-state index contributed by atoms with van der Waals surface area (Å²) in [6, 6.07) is 5.81. The van der Waals surface area contributed by atoms with Crippen LogP contribution in [0.25, 0.3) is 0 Å². The van der Waals surface area contributed by atoms with E-state index in [4.69, 9.17) is 35.4 Å². The summed E-state index contributed by atoms with van der Waals surface area (Å²) in [5.41, 5.74) is 0.822. The van der Waals surface area contributed by atoms with Crippen LogP contribution in [0.1, 0.15) is 39.0 Å². The zero-order valence-corrected chi connectivity index (χ0v) is 13.9. The van der Waals surface area contributed by atoms with Crippen LogP contribution < -0.4 is 10.6 Å². The van der Waals surface area contributed by atoms with Gasteiger partial charge in [-0.1, -0.05) is 36.5 Å². The largest absolute Gasteiger partial charge is 0.360 e. The summed E-state index contributed by atoms with van der Waals surface area (Å²) in [5.74, 6) is 0.890. The van der Waals surface area contributed by atoms with Gasteiger partial charge < -0.3 is 10.6 Å². The Labute approximate surface area is 136 Å². The second kappa shape index (κ2) is 7.48. The Kier molecular flexibility index (Phi) is 5.94. The highest BCUT2D eigenvalue weighted by Crippen LogP contribution is 2.27. The average Bonchev–Trinajstić information content (AvgIpc) is 2.38. The summed E-state index contributed by atoms with van der Waals surface area (Å²) < 4.78 is 0. The molecule has 1 saturated carbocycles. The lowest BCUT2D eigenvalue weighted by atomic mass is 9.85. The standard InChI is InChI=1S/C15H20Cl2N2S/c1-2-10-3-5-13(6-4-10)18-15(20)19-14-8-11(16)7-12(17)9-14/h7-10,13H,2-6H2,1H3,(H2,18,19,20). The maximum absolute atomic E-state index is 5.97. The van der Waals surface area contributed by atoms with Crippen LogP contribution in [0.3, 0.4) is 0 Å². The van der Waals surface area contributed by atoms with Gasteiger partial charge in [0.25, 0.3) is 0 Å². The highest BCUT2D eigenvalue weighted by Gasteiger charge is 2.20. The summed E-state index contributed by atoms with van der Waals surface area (Å²) in [6.07, 6.45) is 6.25. The van der Waals surface area contributed by atoms with Crippen LogP contribution in [-0.2, 0) is 0 Å². The molecule has 1 aromatic rings. The summed E-state index contributed by atoms with van der Waals surface area (Å²) in [5, 5.41) is 8.38. The van der Waals surface area contributed by atoms with E-state index < -0.39 is 0 Å². The van der Waals surface area contributed by atoms with E-state index in [0.717, 1.165) is 11.6 Å². The van der Waals surface area contributed by atoms with Gasteiger partial charge in [-0.05, 0) is 62.0 Å². The molecule has 1 aliphatic carbocycles. The van der Waals surface area contributed by atoms with E-state index in [-0.39, 0.29) is 0 Å². The van der Waals surface area contributed by atoms with Crippen LogP contribution in [-0.4, -0.2) is 11.2 Å². The maximum atomic E-state index is 5.97. The minimum Gasteiger partial charge on any atom is -0.360 e. The number of thiocarbonyl (C=S) groups is 1. The smallest absolute Gasteiger partial charge is 0.170 e. The predicted molar refractivity (Wildman–Crippen MR) is 91.9 cm³/mol.